The van der Waals surface area contributed by atoms with E-state index in [-0.39, 0.29) is 0 Å². The fourth-order valence-electron chi connectivity index (χ4n) is 1.98. The molecule has 0 aliphatic heterocycles. The summed E-state index contributed by atoms with van der Waals surface area (Å²) in [5.74, 6) is -0.432. The van der Waals surface area contributed by atoms with Gasteiger partial charge in [-0.25, -0.2) is 4.79 Å². The van der Waals surface area contributed by atoms with Crippen molar-refractivity contribution in [2.75, 3.05) is 0 Å². The molecule has 3 nitrogen and oxygen atoms in total. The number of aromatic nitrogens is 1. The number of carbonyl (C=O) groups is 1. The van der Waals surface area contributed by atoms with Crippen molar-refractivity contribution in [3.05, 3.63) is 40.0 Å². The Labute approximate surface area is 107 Å². The van der Waals surface area contributed by atoms with Gasteiger partial charge in [-0.3, -0.25) is 4.98 Å². The van der Waals surface area contributed by atoms with Gasteiger partial charge >= 0.3 is 5.97 Å². The molecule has 0 unspecified atom stereocenters. The van der Waals surface area contributed by atoms with Crippen LogP contribution in [-0.2, 0) is 0 Å². The second-order valence-electron chi connectivity index (χ2n) is 4.34. The standard InChI is InChI=1S/C13H10BrNO2/c14-8-3-4-11-9(5-8)10(13(16)17)6-12(15-11)7-1-2-7/h3-7H,1-2H2,(H,16,17). The van der Waals surface area contributed by atoms with Crippen LogP contribution in [0.25, 0.3) is 10.9 Å². The molecule has 0 bridgehead atoms. The zero-order chi connectivity index (χ0) is 12.0. The van der Waals surface area contributed by atoms with Crippen molar-refractivity contribution in [3.8, 4) is 0 Å². The van der Waals surface area contributed by atoms with Gasteiger partial charge in [-0.15, -0.1) is 0 Å². The topological polar surface area (TPSA) is 50.2 Å². The molecule has 86 valence electrons. The summed E-state index contributed by atoms with van der Waals surface area (Å²) >= 11 is 3.35. The molecule has 17 heavy (non-hydrogen) atoms. The van der Waals surface area contributed by atoms with Crippen LogP contribution in [-0.4, -0.2) is 16.1 Å². The summed E-state index contributed by atoms with van der Waals surface area (Å²) < 4.78 is 0.869. The van der Waals surface area contributed by atoms with Crippen molar-refractivity contribution in [2.45, 2.75) is 18.8 Å². The first-order valence-electron chi connectivity index (χ1n) is 5.48. The molecule has 0 spiro atoms. The van der Waals surface area contributed by atoms with Gasteiger partial charge in [0.1, 0.15) is 0 Å². The minimum atomic E-state index is -0.891. The summed E-state index contributed by atoms with van der Waals surface area (Å²) in [7, 11) is 0. The summed E-state index contributed by atoms with van der Waals surface area (Å²) in [6, 6.07) is 7.27. The number of rotatable bonds is 2. The first-order valence-corrected chi connectivity index (χ1v) is 6.28. The van der Waals surface area contributed by atoms with E-state index in [1.807, 2.05) is 18.2 Å². The second kappa shape index (κ2) is 3.81. The van der Waals surface area contributed by atoms with Gasteiger partial charge in [0.25, 0.3) is 0 Å². The molecule has 4 heteroatoms. The van der Waals surface area contributed by atoms with Gasteiger partial charge in [0.15, 0.2) is 0 Å². The highest BCUT2D eigenvalue weighted by Crippen LogP contribution is 2.40. The maximum Gasteiger partial charge on any atom is 0.336 e. The Bertz CT molecular complexity index is 620. The molecule has 2 aromatic rings. The molecule has 1 fully saturated rings. The van der Waals surface area contributed by atoms with E-state index in [9.17, 15) is 9.90 Å². The van der Waals surface area contributed by atoms with E-state index in [1.54, 1.807) is 6.07 Å². The first kappa shape index (κ1) is 10.7. The molecule has 0 atom stereocenters. The number of nitrogens with zero attached hydrogens (tertiary/aromatic N) is 1. The molecular weight excluding hydrogens is 282 g/mol. The molecule has 1 aromatic heterocycles. The maximum absolute atomic E-state index is 11.3. The maximum atomic E-state index is 11.3. The van der Waals surface area contributed by atoms with E-state index in [0.29, 0.717) is 16.9 Å². The van der Waals surface area contributed by atoms with Crippen LogP contribution < -0.4 is 0 Å². The summed E-state index contributed by atoms with van der Waals surface area (Å²) in [4.78, 5) is 15.8. The number of pyridine rings is 1. The average molecular weight is 292 g/mol. The van der Waals surface area contributed by atoms with E-state index in [0.717, 1.165) is 28.5 Å². The molecule has 0 radical (unpaired) electrons. The summed E-state index contributed by atoms with van der Waals surface area (Å²) in [6.07, 6.45) is 2.24. The van der Waals surface area contributed by atoms with Crippen LogP contribution in [0.2, 0.25) is 0 Å². The highest BCUT2D eigenvalue weighted by Gasteiger charge is 2.26. The number of hydrogen-bond acceptors (Lipinski definition) is 2. The van der Waals surface area contributed by atoms with E-state index in [4.69, 9.17) is 0 Å². The van der Waals surface area contributed by atoms with E-state index < -0.39 is 5.97 Å². The smallest absolute Gasteiger partial charge is 0.336 e. The molecule has 1 saturated carbocycles. The Hall–Kier alpha value is -1.42. The van der Waals surface area contributed by atoms with E-state index in [1.165, 1.54) is 0 Å². The average Bonchev–Trinajstić information content (AvgIpc) is 3.11. The zero-order valence-electron chi connectivity index (χ0n) is 8.98. The number of fused-ring (bicyclic) bond motifs is 1. The van der Waals surface area contributed by atoms with Crippen LogP contribution in [0.1, 0.15) is 34.8 Å². The lowest BCUT2D eigenvalue weighted by molar-refractivity contribution is 0.0699. The second-order valence-corrected chi connectivity index (χ2v) is 5.25. The Morgan fingerprint density at radius 1 is 1.35 bits per heavy atom. The minimum Gasteiger partial charge on any atom is -0.478 e. The van der Waals surface area contributed by atoms with Gasteiger partial charge < -0.3 is 5.11 Å². The first-order chi connectivity index (χ1) is 8.15. The number of benzene rings is 1. The zero-order valence-corrected chi connectivity index (χ0v) is 10.6. The molecule has 1 aromatic carbocycles. The van der Waals surface area contributed by atoms with Gasteiger partial charge in [-0.05, 0) is 37.1 Å². The lowest BCUT2D eigenvalue weighted by Gasteiger charge is -2.06. The van der Waals surface area contributed by atoms with Gasteiger partial charge in [0.2, 0.25) is 0 Å². The number of hydrogen-bond donors (Lipinski definition) is 1. The molecule has 1 N–H and O–H groups in total. The summed E-state index contributed by atoms with van der Waals surface area (Å²) in [5.41, 5.74) is 2.02. The third-order valence-electron chi connectivity index (χ3n) is 3.02. The highest BCUT2D eigenvalue weighted by atomic mass is 79.9. The van der Waals surface area contributed by atoms with Gasteiger partial charge in [0.05, 0.1) is 11.1 Å². The normalized spacial score (nSPS) is 15.1. The summed E-state index contributed by atoms with van der Waals surface area (Å²) in [5, 5.41) is 9.95. The van der Waals surface area contributed by atoms with Crippen molar-refractivity contribution in [1.29, 1.82) is 0 Å². The van der Waals surface area contributed by atoms with Crippen molar-refractivity contribution in [3.63, 3.8) is 0 Å². The fraction of sp³-hybridized carbons (Fsp3) is 0.231. The fourth-order valence-corrected chi connectivity index (χ4v) is 2.34. The number of carboxylic acid groups (broad SMARTS) is 1. The SMILES string of the molecule is O=C(O)c1cc(C2CC2)nc2ccc(Br)cc12. The lowest BCUT2D eigenvalue weighted by Crippen LogP contribution is -2.01. The van der Waals surface area contributed by atoms with Crippen LogP contribution in [0.15, 0.2) is 28.7 Å². The molecular formula is C13H10BrNO2. The largest absolute Gasteiger partial charge is 0.478 e. The van der Waals surface area contributed by atoms with Crippen LogP contribution in [0, 0.1) is 0 Å². The van der Waals surface area contributed by atoms with Crippen molar-refractivity contribution < 1.29 is 9.90 Å². The molecule has 3 rings (SSSR count). The monoisotopic (exact) mass is 291 g/mol. The van der Waals surface area contributed by atoms with Gasteiger partial charge in [-0.1, -0.05) is 15.9 Å². The van der Waals surface area contributed by atoms with Crippen molar-refractivity contribution in [2.24, 2.45) is 0 Å². The highest BCUT2D eigenvalue weighted by molar-refractivity contribution is 9.10. The number of aromatic carboxylic acids is 1. The Morgan fingerprint density at radius 2 is 2.12 bits per heavy atom. The third kappa shape index (κ3) is 1.93. The molecule has 1 aliphatic carbocycles. The summed E-state index contributed by atoms with van der Waals surface area (Å²) in [6.45, 7) is 0. The van der Waals surface area contributed by atoms with E-state index in [2.05, 4.69) is 20.9 Å². The Kier molecular flexibility index (Phi) is 2.40. The molecule has 0 amide bonds. The van der Waals surface area contributed by atoms with Crippen molar-refractivity contribution >= 4 is 32.8 Å². The third-order valence-corrected chi connectivity index (χ3v) is 3.51. The predicted molar refractivity (Wildman–Crippen MR) is 68.4 cm³/mol. The number of halogens is 1. The Morgan fingerprint density at radius 3 is 2.76 bits per heavy atom. The lowest BCUT2D eigenvalue weighted by atomic mass is 10.1. The number of carboxylic acids is 1. The van der Waals surface area contributed by atoms with Crippen LogP contribution >= 0.6 is 15.9 Å². The Balaban J connectivity index is 2.31. The molecule has 1 aliphatic rings. The molecule has 1 heterocycles. The van der Waals surface area contributed by atoms with Crippen LogP contribution in [0.5, 0.6) is 0 Å². The van der Waals surface area contributed by atoms with E-state index >= 15 is 0 Å². The van der Waals surface area contributed by atoms with Crippen molar-refractivity contribution in [1.82, 2.24) is 4.98 Å². The quantitative estimate of drug-likeness (QED) is 0.920. The molecule has 0 saturated heterocycles. The predicted octanol–water partition coefficient (Wildman–Crippen LogP) is 3.57. The minimum absolute atomic E-state index is 0.346. The van der Waals surface area contributed by atoms with Crippen LogP contribution in [0.4, 0.5) is 0 Å². The van der Waals surface area contributed by atoms with Crippen LogP contribution in [0.3, 0.4) is 0 Å². The van der Waals surface area contributed by atoms with Gasteiger partial charge in [0, 0.05) is 21.5 Å². The van der Waals surface area contributed by atoms with Gasteiger partial charge in [-0.2, -0.15) is 0 Å².